The molecule has 0 bridgehead atoms. The summed E-state index contributed by atoms with van der Waals surface area (Å²) in [5.74, 6) is 1.25. The highest BCUT2D eigenvalue weighted by molar-refractivity contribution is 6.08. The van der Waals surface area contributed by atoms with Gasteiger partial charge in [-0.25, -0.2) is 9.78 Å². The fourth-order valence-electron chi connectivity index (χ4n) is 3.81. The number of hydrogen-bond donors (Lipinski definition) is 5. The average Bonchev–Trinajstić information content (AvgIpc) is 3.31. The lowest BCUT2D eigenvalue weighted by atomic mass is 10.0. The fraction of sp³-hybridized carbons (Fsp3) is 0.407. The Labute approximate surface area is 218 Å². The summed E-state index contributed by atoms with van der Waals surface area (Å²) in [5.41, 5.74) is 15.0. The molecule has 1 fully saturated rings. The minimum atomic E-state index is -0.525. The number of aromatic nitrogens is 2. The number of pyridine rings is 2. The van der Waals surface area contributed by atoms with E-state index in [-0.39, 0.29) is 18.1 Å². The molecule has 1 atom stereocenters. The van der Waals surface area contributed by atoms with E-state index in [4.69, 9.17) is 21.6 Å². The van der Waals surface area contributed by atoms with Crippen LogP contribution in [0.1, 0.15) is 46.6 Å². The second kappa shape index (κ2) is 11.8. The van der Waals surface area contributed by atoms with E-state index in [1.54, 1.807) is 29.6 Å². The molecule has 0 radical (unpaired) electrons. The van der Waals surface area contributed by atoms with Gasteiger partial charge in [0.15, 0.2) is 0 Å². The highest BCUT2D eigenvalue weighted by atomic mass is 16.6. The lowest BCUT2D eigenvalue weighted by Crippen LogP contribution is -2.37. The van der Waals surface area contributed by atoms with Gasteiger partial charge in [0.05, 0.1) is 11.0 Å². The number of ether oxygens (including phenoxy) is 1. The minimum absolute atomic E-state index is 0.0675. The van der Waals surface area contributed by atoms with Gasteiger partial charge in [0.2, 0.25) is 0 Å². The van der Waals surface area contributed by atoms with Crippen LogP contribution in [0.4, 0.5) is 10.6 Å². The van der Waals surface area contributed by atoms with Crippen molar-refractivity contribution in [1.82, 2.24) is 20.2 Å². The van der Waals surface area contributed by atoms with Crippen molar-refractivity contribution < 1.29 is 9.53 Å². The van der Waals surface area contributed by atoms with E-state index in [1.165, 1.54) is 6.21 Å². The van der Waals surface area contributed by atoms with Crippen LogP contribution in [0.5, 0.6) is 0 Å². The van der Waals surface area contributed by atoms with Gasteiger partial charge in [-0.3, -0.25) is 4.98 Å². The standard InChI is InChI=1S/C27H38N8O2/c1-17(2)18(12-28)11-24(30)34-25-7-6-22-23(33-25)10-19(14-32-22)20(13-29)15-31-21-8-9-35(16-21)26(36)37-27(3,4)5/h6-7,10-15,17,21,29,31H,8-9,16,28,30H2,1-5H3,(H,33,34)/b18-12+,20-15+,24-11+,29-13?/t21-/m0/s1. The van der Waals surface area contributed by atoms with E-state index >= 15 is 0 Å². The molecule has 1 amide bonds. The van der Waals surface area contributed by atoms with Crippen LogP contribution < -0.4 is 22.1 Å². The van der Waals surface area contributed by atoms with Gasteiger partial charge in [0, 0.05) is 48.9 Å². The summed E-state index contributed by atoms with van der Waals surface area (Å²) >= 11 is 0. The average molecular weight is 507 g/mol. The van der Waals surface area contributed by atoms with Gasteiger partial charge in [-0.1, -0.05) is 13.8 Å². The summed E-state index contributed by atoms with van der Waals surface area (Å²) in [6.07, 6.45) is 8.59. The minimum Gasteiger partial charge on any atom is -0.444 e. The largest absolute Gasteiger partial charge is 0.444 e. The van der Waals surface area contributed by atoms with Crippen molar-refractivity contribution >= 4 is 34.7 Å². The normalized spacial score (nSPS) is 17.3. The first kappa shape index (κ1) is 27.5. The molecule has 7 N–H and O–H groups in total. The van der Waals surface area contributed by atoms with Gasteiger partial charge >= 0.3 is 6.09 Å². The Morgan fingerprint density at radius 3 is 2.70 bits per heavy atom. The lowest BCUT2D eigenvalue weighted by Gasteiger charge is -2.24. The number of carbonyl (C=O) groups is 1. The van der Waals surface area contributed by atoms with E-state index in [0.29, 0.717) is 35.8 Å². The zero-order valence-corrected chi connectivity index (χ0v) is 22.2. The Hall–Kier alpha value is -4.08. The summed E-state index contributed by atoms with van der Waals surface area (Å²) in [4.78, 5) is 23.2. The number of nitrogens with zero attached hydrogens (tertiary/aromatic N) is 3. The summed E-state index contributed by atoms with van der Waals surface area (Å²) in [6.45, 7) is 10.8. The van der Waals surface area contributed by atoms with Gasteiger partial charge < -0.3 is 37.1 Å². The van der Waals surface area contributed by atoms with Crippen LogP contribution in [-0.2, 0) is 4.74 Å². The first-order valence-corrected chi connectivity index (χ1v) is 12.4. The smallest absolute Gasteiger partial charge is 0.410 e. The van der Waals surface area contributed by atoms with Crippen LogP contribution >= 0.6 is 0 Å². The molecule has 10 nitrogen and oxygen atoms in total. The Balaban J connectivity index is 1.72. The first-order valence-electron chi connectivity index (χ1n) is 12.4. The quantitative estimate of drug-likeness (QED) is 0.266. The molecule has 2 aromatic heterocycles. The molecule has 0 aliphatic carbocycles. The van der Waals surface area contributed by atoms with E-state index in [0.717, 1.165) is 23.1 Å². The van der Waals surface area contributed by atoms with Crippen LogP contribution in [0.2, 0.25) is 0 Å². The number of fused-ring (bicyclic) bond motifs is 1. The number of allylic oxidation sites excluding steroid dienone is 3. The number of amides is 1. The van der Waals surface area contributed by atoms with E-state index in [1.807, 2.05) is 52.8 Å². The number of carbonyl (C=O) groups excluding carboxylic acids is 1. The van der Waals surface area contributed by atoms with Crippen molar-refractivity contribution in [3.05, 3.63) is 59.8 Å². The highest BCUT2D eigenvalue weighted by Gasteiger charge is 2.29. The van der Waals surface area contributed by atoms with Crippen molar-refractivity contribution in [3.63, 3.8) is 0 Å². The lowest BCUT2D eigenvalue weighted by molar-refractivity contribution is 0.0291. The van der Waals surface area contributed by atoms with Crippen LogP contribution in [0, 0.1) is 11.3 Å². The number of nitrogens with two attached hydrogens (primary N) is 2. The molecule has 1 aliphatic rings. The fourth-order valence-corrected chi connectivity index (χ4v) is 3.81. The molecule has 0 saturated carbocycles. The van der Waals surface area contributed by atoms with Crippen LogP contribution in [0.25, 0.3) is 16.6 Å². The monoisotopic (exact) mass is 506 g/mol. The molecular formula is C27H38N8O2. The number of rotatable bonds is 8. The molecule has 1 aliphatic heterocycles. The molecule has 1 saturated heterocycles. The molecule has 2 aromatic rings. The van der Waals surface area contributed by atoms with E-state index < -0.39 is 5.60 Å². The highest BCUT2D eigenvalue weighted by Crippen LogP contribution is 2.20. The van der Waals surface area contributed by atoms with E-state index in [9.17, 15) is 4.79 Å². The maximum absolute atomic E-state index is 12.3. The maximum atomic E-state index is 12.3. The summed E-state index contributed by atoms with van der Waals surface area (Å²) in [7, 11) is 0. The SMILES string of the molecule is CC(C)C(=C/N)/C=C(\N)Nc1ccc2ncc(/C(C=N)=C/N[C@H]3CCN(C(=O)OC(C)(C)C)C3)cc2n1. The number of hydrogen-bond acceptors (Lipinski definition) is 9. The molecule has 0 unspecified atom stereocenters. The summed E-state index contributed by atoms with van der Waals surface area (Å²) in [6, 6.07) is 5.62. The third-order valence-corrected chi connectivity index (χ3v) is 5.79. The Kier molecular flexibility index (Phi) is 8.75. The zero-order chi connectivity index (χ0) is 27.2. The number of nitrogens with one attached hydrogen (secondary N) is 3. The summed E-state index contributed by atoms with van der Waals surface area (Å²) < 4.78 is 5.46. The molecule has 37 heavy (non-hydrogen) atoms. The third-order valence-electron chi connectivity index (χ3n) is 5.79. The second-order valence-corrected chi connectivity index (χ2v) is 10.3. The zero-order valence-electron chi connectivity index (χ0n) is 22.2. The molecule has 0 aromatic carbocycles. The van der Waals surface area contributed by atoms with Crippen molar-refractivity contribution in [1.29, 1.82) is 5.41 Å². The topological polar surface area (TPSA) is 155 Å². The van der Waals surface area contributed by atoms with Gasteiger partial charge in [-0.15, -0.1) is 0 Å². The van der Waals surface area contributed by atoms with Gasteiger partial charge in [0.25, 0.3) is 0 Å². The first-order chi connectivity index (χ1) is 17.5. The van der Waals surface area contributed by atoms with Crippen LogP contribution in [0.15, 0.2) is 54.3 Å². The molecule has 3 rings (SSSR count). The second-order valence-electron chi connectivity index (χ2n) is 10.3. The Morgan fingerprint density at radius 1 is 1.30 bits per heavy atom. The van der Waals surface area contributed by atoms with Crippen LogP contribution in [-0.4, -0.2) is 51.9 Å². The summed E-state index contributed by atoms with van der Waals surface area (Å²) in [5, 5.41) is 14.4. The predicted molar refractivity (Wildman–Crippen MR) is 149 cm³/mol. The molecular weight excluding hydrogens is 468 g/mol. The van der Waals surface area contributed by atoms with Crippen molar-refractivity contribution in [2.24, 2.45) is 17.4 Å². The number of likely N-dealkylation sites (tertiary alicyclic amines) is 1. The van der Waals surface area contributed by atoms with Gasteiger partial charge in [0.1, 0.15) is 17.2 Å². The Bertz CT molecular complexity index is 1230. The predicted octanol–water partition coefficient (Wildman–Crippen LogP) is 3.93. The third kappa shape index (κ3) is 7.70. The molecule has 0 spiro atoms. The van der Waals surface area contributed by atoms with Gasteiger partial charge in [-0.2, -0.15) is 0 Å². The van der Waals surface area contributed by atoms with E-state index in [2.05, 4.69) is 20.6 Å². The van der Waals surface area contributed by atoms with Gasteiger partial charge in [-0.05, 0) is 69.2 Å². The number of anilines is 1. The van der Waals surface area contributed by atoms with Crippen LogP contribution in [0.3, 0.4) is 0 Å². The maximum Gasteiger partial charge on any atom is 0.410 e. The molecule has 10 heteroatoms. The molecule has 3 heterocycles. The molecule has 198 valence electrons. The Morgan fingerprint density at radius 2 is 2.05 bits per heavy atom. The van der Waals surface area contributed by atoms with Crippen molar-refractivity contribution in [3.8, 4) is 0 Å². The van der Waals surface area contributed by atoms with Crippen molar-refractivity contribution in [2.45, 2.75) is 52.7 Å². The van der Waals surface area contributed by atoms with Crippen molar-refractivity contribution in [2.75, 3.05) is 18.4 Å².